The van der Waals surface area contributed by atoms with Gasteiger partial charge in [0.2, 0.25) is 0 Å². The van der Waals surface area contributed by atoms with Crippen molar-refractivity contribution in [3.05, 3.63) is 66.6 Å². The van der Waals surface area contributed by atoms with Crippen molar-refractivity contribution in [3.63, 3.8) is 0 Å². The minimum atomic E-state index is -0.0593. The molecular weight excluding hydrogens is 362 g/mol. The lowest BCUT2D eigenvalue weighted by atomic mass is 10.0. The maximum absolute atomic E-state index is 13.2. The Labute approximate surface area is 170 Å². The van der Waals surface area contributed by atoms with Gasteiger partial charge in [0, 0.05) is 49.3 Å². The van der Waals surface area contributed by atoms with Gasteiger partial charge >= 0.3 is 0 Å². The molecule has 0 unspecified atom stereocenters. The normalized spacial score (nSPS) is 17.9. The number of rotatable bonds is 5. The Bertz CT molecular complexity index is 973. The number of nitrogens with one attached hydrogen (secondary N) is 1. The molecule has 1 aromatic carbocycles. The highest BCUT2D eigenvalue weighted by molar-refractivity contribution is 6.00. The SMILES string of the molecule is O=C(NC1CCN(C2CC2)CC1)c1cn(-c2ccccc2)nc1-c1cccnc1. The number of piperidine rings is 1. The molecule has 5 rings (SSSR count). The third-order valence-corrected chi connectivity index (χ3v) is 5.84. The highest BCUT2D eigenvalue weighted by Crippen LogP contribution is 2.29. The summed E-state index contributed by atoms with van der Waals surface area (Å²) in [6.07, 6.45) is 10.0. The van der Waals surface area contributed by atoms with Crippen LogP contribution in [-0.2, 0) is 0 Å². The molecule has 1 aliphatic carbocycles. The summed E-state index contributed by atoms with van der Waals surface area (Å²) in [6, 6.07) is 14.7. The minimum absolute atomic E-state index is 0.0593. The first-order valence-corrected chi connectivity index (χ1v) is 10.4. The average molecular weight is 387 g/mol. The lowest BCUT2D eigenvalue weighted by Gasteiger charge is -2.32. The molecule has 1 N–H and O–H groups in total. The summed E-state index contributed by atoms with van der Waals surface area (Å²) in [5.74, 6) is -0.0593. The van der Waals surface area contributed by atoms with Crippen LogP contribution in [0.15, 0.2) is 61.1 Å². The van der Waals surface area contributed by atoms with Crippen molar-refractivity contribution in [1.82, 2.24) is 25.0 Å². The van der Waals surface area contributed by atoms with E-state index in [0.717, 1.165) is 43.2 Å². The lowest BCUT2D eigenvalue weighted by molar-refractivity contribution is 0.0909. The molecule has 1 saturated heterocycles. The van der Waals surface area contributed by atoms with E-state index in [2.05, 4.69) is 15.2 Å². The van der Waals surface area contributed by atoms with Crippen LogP contribution >= 0.6 is 0 Å². The van der Waals surface area contributed by atoms with Gasteiger partial charge in [-0.3, -0.25) is 9.78 Å². The van der Waals surface area contributed by atoms with Crippen LogP contribution in [0.25, 0.3) is 16.9 Å². The van der Waals surface area contributed by atoms with Crippen molar-refractivity contribution >= 4 is 5.91 Å². The molecule has 0 bridgehead atoms. The van der Waals surface area contributed by atoms with Gasteiger partial charge in [0.05, 0.1) is 11.3 Å². The van der Waals surface area contributed by atoms with E-state index in [1.807, 2.05) is 48.7 Å². The number of nitrogens with zero attached hydrogens (tertiary/aromatic N) is 4. The molecular formula is C23H25N5O. The molecule has 6 nitrogen and oxygen atoms in total. The largest absolute Gasteiger partial charge is 0.349 e. The average Bonchev–Trinajstić information content (AvgIpc) is 3.53. The van der Waals surface area contributed by atoms with Gasteiger partial charge in [-0.1, -0.05) is 18.2 Å². The number of pyridine rings is 1. The van der Waals surface area contributed by atoms with E-state index in [1.54, 1.807) is 17.1 Å². The third-order valence-electron chi connectivity index (χ3n) is 5.84. The molecule has 29 heavy (non-hydrogen) atoms. The Morgan fingerprint density at radius 2 is 1.79 bits per heavy atom. The van der Waals surface area contributed by atoms with Crippen LogP contribution < -0.4 is 5.32 Å². The van der Waals surface area contributed by atoms with E-state index in [-0.39, 0.29) is 11.9 Å². The smallest absolute Gasteiger partial charge is 0.255 e. The third kappa shape index (κ3) is 3.93. The van der Waals surface area contributed by atoms with Crippen LogP contribution in [0.3, 0.4) is 0 Å². The Kier molecular flexibility index (Phi) is 4.86. The molecule has 3 heterocycles. The topological polar surface area (TPSA) is 63.1 Å². The summed E-state index contributed by atoms with van der Waals surface area (Å²) in [4.78, 5) is 20.0. The van der Waals surface area contributed by atoms with Gasteiger partial charge in [-0.2, -0.15) is 5.10 Å². The summed E-state index contributed by atoms with van der Waals surface area (Å²) < 4.78 is 1.77. The molecule has 0 radical (unpaired) electrons. The number of benzene rings is 1. The van der Waals surface area contributed by atoms with Crippen LogP contribution in [0, 0.1) is 0 Å². The molecule has 0 atom stereocenters. The zero-order valence-corrected chi connectivity index (χ0v) is 16.4. The molecule has 3 aromatic rings. The molecule has 1 saturated carbocycles. The second kappa shape index (κ2) is 7.79. The second-order valence-corrected chi connectivity index (χ2v) is 7.93. The van der Waals surface area contributed by atoms with Crippen molar-refractivity contribution in [2.45, 2.75) is 37.8 Å². The van der Waals surface area contributed by atoms with Gasteiger partial charge in [0.15, 0.2) is 0 Å². The van der Waals surface area contributed by atoms with Crippen molar-refractivity contribution in [2.75, 3.05) is 13.1 Å². The zero-order valence-electron chi connectivity index (χ0n) is 16.4. The molecule has 2 aliphatic rings. The highest BCUT2D eigenvalue weighted by Gasteiger charge is 2.32. The molecule has 2 aromatic heterocycles. The van der Waals surface area contributed by atoms with Crippen LogP contribution in [0.2, 0.25) is 0 Å². The number of para-hydroxylation sites is 1. The number of hydrogen-bond acceptors (Lipinski definition) is 4. The second-order valence-electron chi connectivity index (χ2n) is 7.93. The summed E-state index contributed by atoms with van der Waals surface area (Å²) in [7, 11) is 0. The van der Waals surface area contributed by atoms with E-state index in [4.69, 9.17) is 5.10 Å². The van der Waals surface area contributed by atoms with Crippen molar-refractivity contribution in [3.8, 4) is 16.9 Å². The first-order valence-electron chi connectivity index (χ1n) is 10.4. The van der Waals surface area contributed by atoms with E-state index in [1.165, 1.54) is 12.8 Å². The fourth-order valence-electron chi connectivity index (χ4n) is 4.08. The molecule has 1 amide bonds. The van der Waals surface area contributed by atoms with Crippen molar-refractivity contribution in [2.24, 2.45) is 0 Å². The Balaban J connectivity index is 1.39. The number of hydrogen-bond donors (Lipinski definition) is 1. The maximum Gasteiger partial charge on any atom is 0.255 e. The van der Waals surface area contributed by atoms with Gasteiger partial charge in [-0.15, -0.1) is 0 Å². The molecule has 1 aliphatic heterocycles. The Morgan fingerprint density at radius 3 is 2.48 bits per heavy atom. The molecule has 6 heteroatoms. The first-order chi connectivity index (χ1) is 14.3. The van der Waals surface area contributed by atoms with Crippen LogP contribution in [-0.4, -0.2) is 50.7 Å². The standard InChI is InChI=1S/C23H25N5O/c29-23(25-18-10-13-27(14-11-18)19-8-9-19)21-16-28(20-6-2-1-3-7-20)26-22(21)17-5-4-12-24-15-17/h1-7,12,15-16,18-19H,8-11,13-14H2,(H,25,29). The predicted molar refractivity (Wildman–Crippen MR) is 112 cm³/mol. The molecule has 2 fully saturated rings. The summed E-state index contributed by atoms with van der Waals surface area (Å²) in [6.45, 7) is 2.16. The fraction of sp³-hybridized carbons (Fsp3) is 0.348. The minimum Gasteiger partial charge on any atom is -0.349 e. The van der Waals surface area contributed by atoms with Crippen molar-refractivity contribution in [1.29, 1.82) is 0 Å². The van der Waals surface area contributed by atoms with Gasteiger partial charge in [-0.25, -0.2) is 4.68 Å². The van der Waals surface area contributed by atoms with Gasteiger partial charge in [-0.05, 0) is 49.9 Å². The number of amides is 1. The first kappa shape index (κ1) is 18.1. The van der Waals surface area contributed by atoms with Gasteiger partial charge in [0.1, 0.15) is 5.69 Å². The van der Waals surface area contributed by atoms with Gasteiger partial charge in [0.25, 0.3) is 5.91 Å². The van der Waals surface area contributed by atoms with Crippen molar-refractivity contribution < 1.29 is 4.79 Å². The number of likely N-dealkylation sites (tertiary alicyclic amines) is 1. The maximum atomic E-state index is 13.2. The predicted octanol–water partition coefficient (Wildman–Crippen LogP) is 3.29. The number of carbonyl (C=O) groups excluding carboxylic acids is 1. The number of carbonyl (C=O) groups is 1. The zero-order chi connectivity index (χ0) is 19.6. The molecule has 0 spiro atoms. The number of aromatic nitrogens is 3. The Morgan fingerprint density at radius 1 is 1.00 bits per heavy atom. The van der Waals surface area contributed by atoms with Crippen LogP contribution in [0.5, 0.6) is 0 Å². The lowest BCUT2D eigenvalue weighted by Crippen LogP contribution is -2.45. The monoisotopic (exact) mass is 387 g/mol. The Hall–Kier alpha value is -2.99. The quantitative estimate of drug-likeness (QED) is 0.730. The van der Waals surface area contributed by atoms with E-state index < -0.39 is 0 Å². The van der Waals surface area contributed by atoms with E-state index >= 15 is 0 Å². The van der Waals surface area contributed by atoms with E-state index in [0.29, 0.717) is 11.3 Å². The fourth-order valence-corrected chi connectivity index (χ4v) is 4.08. The highest BCUT2D eigenvalue weighted by atomic mass is 16.1. The van der Waals surface area contributed by atoms with Crippen LogP contribution in [0.1, 0.15) is 36.0 Å². The summed E-state index contributed by atoms with van der Waals surface area (Å²) in [5.41, 5.74) is 3.02. The summed E-state index contributed by atoms with van der Waals surface area (Å²) >= 11 is 0. The molecule has 148 valence electrons. The summed E-state index contributed by atoms with van der Waals surface area (Å²) in [5, 5.41) is 7.97. The van der Waals surface area contributed by atoms with Crippen LogP contribution in [0.4, 0.5) is 0 Å². The van der Waals surface area contributed by atoms with E-state index in [9.17, 15) is 4.79 Å². The van der Waals surface area contributed by atoms with Gasteiger partial charge < -0.3 is 10.2 Å².